The summed E-state index contributed by atoms with van der Waals surface area (Å²) < 4.78 is 0. The molecular formula is C15H15NO3. The third-order valence-corrected chi connectivity index (χ3v) is 2.96. The van der Waals surface area contributed by atoms with Crippen molar-refractivity contribution in [3.05, 3.63) is 59.7 Å². The summed E-state index contributed by atoms with van der Waals surface area (Å²) in [4.78, 5) is 22.8. The molecule has 1 aliphatic carbocycles. The molecule has 2 atom stereocenters. The number of hydrogen-bond acceptors (Lipinski definition) is 3. The lowest BCUT2D eigenvalue weighted by Gasteiger charge is -2.21. The van der Waals surface area contributed by atoms with Crippen molar-refractivity contribution in [1.82, 2.24) is 5.32 Å². The van der Waals surface area contributed by atoms with Crippen molar-refractivity contribution in [2.75, 3.05) is 0 Å². The first-order valence-electron chi connectivity index (χ1n) is 6.08. The molecule has 0 fully saturated rings. The van der Waals surface area contributed by atoms with Gasteiger partial charge in [-0.15, -0.1) is 0 Å². The smallest absolute Gasteiger partial charge is 0.251 e. The van der Waals surface area contributed by atoms with Crippen molar-refractivity contribution in [1.29, 1.82) is 0 Å². The van der Waals surface area contributed by atoms with E-state index in [-0.39, 0.29) is 5.91 Å². The second-order valence-corrected chi connectivity index (χ2v) is 4.29. The van der Waals surface area contributed by atoms with Crippen LogP contribution in [-0.4, -0.2) is 23.4 Å². The Bertz CT molecular complexity index is 519. The van der Waals surface area contributed by atoms with E-state index in [0.29, 0.717) is 17.4 Å². The number of aliphatic hydroxyl groups is 1. The lowest BCUT2D eigenvalue weighted by atomic mass is 10.0. The molecule has 0 saturated heterocycles. The molecule has 0 saturated carbocycles. The van der Waals surface area contributed by atoms with E-state index in [1.807, 2.05) is 12.1 Å². The standard InChI is InChI=1S/C15H15NO3/c17-10-13(18)14(11-6-2-1-3-7-11)16-15(19)12-8-4-5-9-12/h1-4,6-10,13-14,18H,5H2,(H,16,19)/t13-,14?/m0/s1. The maximum Gasteiger partial charge on any atom is 0.251 e. The molecule has 0 bridgehead atoms. The summed E-state index contributed by atoms with van der Waals surface area (Å²) in [7, 11) is 0. The number of carbonyl (C=O) groups excluding carboxylic acids is 2. The Balaban J connectivity index is 2.17. The molecule has 0 aromatic heterocycles. The summed E-state index contributed by atoms with van der Waals surface area (Å²) in [6.45, 7) is 0. The van der Waals surface area contributed by atoms with Crippen LogP contribution in [0.3, 0.4) is 0 Å². The Labute approximate surface area is 111 Å². The van der Waals surface area contributed by atoms with Crippen LogP contribution in [0, 0.1) is 0 Å². The summed E-state index contributed by atoms with van der Waals surface area (Å²) in [5.41, 5.74) is 1.25. The highest BCUT2D eigenvalue weighted by Crippen LogP contribution is 2.18. The molecule has 0 aliphatic heterocycles. The average Bonchev–Trinajstić information content (AvgIpc) is 2.99. The van der Waals surface area contributed by atoms with Crippen LogP contribution in [0.25, 0.3) is 0 Å². The third kappa shape index (κ3) is 3.17. The van der Waals surface area contributed by atoms with Crippen LogP contribution < -0.4 is 5.32 Å². The van der Waals surface area contributed by atoms with Crippen LogP contribution >= 0.6 is 0 Å². The van der Waals surface area contributed by atoms with Gasteiger partial charge in [-0.25, -0.2) is 0 Å². The molecule has 1 amide bonds. The first-order valence-corrected chi connectivity index (χ1v) is 6.08. The van der Waals surface area contributed by atoms with Gasteiger partial charge in [0.2, 0.25) is 0 Å². The van der Waals surface area contributed by atoms with Crippen LogP contribution in [-0.2, 0) is 9.59 Å². The monoisotopic (exact) mass is 257 g/mol. The predicted octanol–water partition coefficient (Wildman–Crippen LogP) is 1.29. The molecule has 2 N–H and O–H groups in total. The number of benzene rings is 1. The first kappa shape index (κ1) is 13.2. The van der Waals surface area contributed by atoms with E-state index in [1.165, 1.54) is 0 Å². The predicted molar refractivity (Wildman–Crippen MR) is 71.2 cm³/mol. The fourth-order valence-corrected chi connectivity index (χ4v) is 1.96. The van der Waals surface area contributed by atoms with Gasteiger partial charge in [-0.2, -0.15) is 0 Å². The van der Waals surface area contributed by atoms with E-state index in [4.69, 9.17) is 0 Å². The number of carbonyl (C=O) groups is 2. The Kier molecular flexibility index (Phi) is 4.26. The summed E-state index contributed by atoms with van der Waals surface area (Å²) >= 11 is 0. The van der Waals surface area contributed by atoms with Crippen LogP contribution in [0.1, 0.15) is 18.0 Å². The fourth-order valence-electron chi connectivity index (χ4n) is 1.96. The maximum absolute atomic E-state index is 12.0. The van der Waals surface area contributed by atoms with E-state index < -0.39 is 12.1 Å². The molecular weight excluding hydrogens is 242 g/mol. The van der Waals surface area contributed by atoms with Gasteiger partial charge in [0.15, 0.2) is 6.29 Å². The van der Waals surface area contributed by atoms with Crippen molar-refractivity contribution >= 4 is 12.2 Å². The Hall–Kier alpha value is -2.20. The minimum Gasteiger partial charge on any atom is -0.383 e. The Morgan fingerprint density at radius 3 is 2.63 bits per heavy atom. The Morgan fingerprint density at radius 2 is 2.05 bits per heavy atom. The van der Waals surface area contributed by atoms with Gasteiger partial charge in [-0.1, -0.05) is 48.6 Å². The molecule has 0 radical (unpaired) electrons. The highest BCUT2D eigenvalue weighted by Gasteiger charge is 2.23. The van der Waals surface area contributed by atoms with Crippen molar-refractivity contribution in [2.45, 2.75) is 18.6 Å². The molecule has 98 valence electrons. The van der Waals surface area contributed by atoms with Gasteiger partial charge in [0.05, 0.1) is 6.04 Å². The number of allylic oxidation sites excluding steroid dienone is 2. The number of amides is 1. The largest absolute Gasteiger partial charge is 0.383 e. The molecule has 19 heavy (non-hydrogen) atoms. The minimum atomic E-state index is -1.27. The molecule has 1 aromatic carbocycles. The first-order chi connectivity index (χ1) is 9.22. The lowest BCUT2D eigenvalue weighted by molar-refractivity contribution is -0.121. The molecule has 1 aromatic rings. The molecule has 0 spiro atoms. The highest BCUT2D eigenvalue weighted by atomic mass is 16.3. The second kappa shape index (κ2) is 6.11. The van der Waals surface area contributed by atoms with Crippen molar-refractivity contribution in [3.8, 4) is 0 Å². The average molecular weight is 257 g/mol. The molecule has 1 aliphatic rings. The lowest BCUT2D eigenvalue weighted by Crippen LogP contribution is -2.37. The van der Waals surface area contributed by atoms with Crippen LogP contribution in [0.15, 0.2) is 54.1 Å². The number of hydrogen-bond donors (Lipinski definition) is 2. The summed E-state index contributed by atoms with van der Waals surface area (Å²) in [5, 5.41) is 12.4. The third-order valence-electron chi connectivity index (χ3n) is 2.96. The van der Waals surface area contributed by atoms with Crippen LogP contribution in [0.5, 0.6) is 0 Å². The quantitative estimate of drug-likeness (QED) is 0.781. The number of rotatable bonds is 5. The normalized spacial score (nSPS) is 16.6. The minimum absolute atomic E-state index is 0.288. The molecule has 4 nitrogen and oxygen atoms in total. The second-order valence-electron chi connectivity index (χ2n) is 4.29. The van der Waals surface area contributed by atoms with Crippen molar-refractivity contribution in [2.24, 2.45) is 0 Å². The fraction of sp³-hybridized carbons (Fsp3) is 0.200. The molecule has 0 heterocycles. The van der Waals surface area contributed by atoms with Crippen LogP contribution in [0.2, 0.25) is 0 Å². The number of aldehydes is 1. The van der Waals surface area contributed by atoms with E-state index in [2.05, 4.69) is 5.32 Å². The van der Waals surface area contributed by atoms with Gasteiger partial charge in [0.25, 0.3) is 5.91 Å². The van der Waals surface area contributed by atoms with Gasteiger partial charge >= 0.3 is 0 Å². The van der Waals surface area contributed by atoms with Gasteiger partial charge in [0.1, 0.15) is 6.10 Å². The van der Waals surface area contributed by atoms with Gasteiger partial charge in [-0.3, -0.25) is 4.79 Å². The van der Waals surface area contributed by atoms with Crippen molar-refractivity contribution < 1.29 is 14.7 Å². The Morgan fingerprint density at radius 1 is 1.32 bits per heavy atom. The maximum atomic E-state index is 12.0. The zero-order valence-corrected chi connectivity index (χ0v) is 10.3. The van der Waals surface area contributed by atoms with Gasteiger partial charge < -0.3 is 15.2 Å². The molecule has 4 heteroatoms. The van der Waals surface area contributed by atoms with Gasteiger partial charge in [-0.05, 0) is 12.0 Å². The zero-order valence-electron chi connectivity index (χ0n) is 10.3. The molecule has 1 unspecified atom stereocenters. The topological polar surface area (TPSA) is 66.4 Å². The summed E-state index contributed by atoms with van der Waals surface area (Å²) in [6, 6.07) is 8.20. The number of aliphatic hydroxyl groups excluding tert-OH is 1. The van der Waals surface area contributed by atoms with E-state index >= 15 is 0 Å². The summed E-state index contributed by atoms with van der Waals surface area (Å²) in [5.74, 6) is -0.288. The zero-order chi connectivity index (χ0) is 13.7. The van der Waals surface area contributed by atoms with Crippen LogP contribution in [0.4, 0.5) is 0 Å². The van der Waals surface area contributed by atoms with E-state index in [9.17, 15) is 14.7 Å². The molecule has 2 rings (SSSR count). The van der Waals surface area contributed by atoms with E-state index in [0.717, 1.165) is 6.42 Å². The highest BCUT2D eigenvalue weighted by molar-refractivity contribution is 5.97. The van der Waals surface area contributed by atoms with Gasteiger partial charge in [0, 0.05) is 5.57 Å². The van der Waals surface area contributed by atoms with Crippen molar-refractivity contribution in [3.63, 3.8) is 0 Å². The summed E-state index contributed by atoms with van der Waals surface area (Å²) in [6.07, 6.45) is 5.29. The SMILES string of the molecule is O=C[C@H](O)C(NC(=O)C1=CCC=C1)c1ccccc1. The number of nitrogens with one attached hydrogen (secondary N) is 1. The van der Waals surface area contributed by atoms with E-state index in [1.54, 1.807) is 36.4 Å².